The Morgan fingerprint density at radius 2 is 2.09 bits per heavy atom. The van der Waals surface area contributed by atoms with Gasteiger partial charge in [0.15, 0.2) is 5.96 Å². The second-order valence-corrected chi connectivity index (χ2v) is 9.60. The van der Waals surface area contributed by atoms with Gasteiger partial charge in [-0.15, -0.1) is 0 Å². The maximum atomic E-state index is 14.2. The van der Waals surface area contributed by atoms with Crippen LogP contribution in [0.3, 0.4) is 0 Å². The monoisotopic (exact) mass is 506 g/mol. The summed E-state index contributed by atoms with van der Waals surface area (Å²) in [6, 6.07) is 8.72. The zero-order chi connectivity index (χ0) is 24.6. The van der Waals surface area contributed by atoms with Gasteiger partial charge in [0.1, 0.15) is 5.82 Å². The van der Waals surface area contributed by atoms with Gasteiger partial charge in [-0.25, -0.2) is 9.38 Å². The average molecular weight is 507 g/mol. The van der Waals surface area contributed by atoms with Gasteiger partial charge in [-0.2, -0.15) is 0 Å². The van der Waals surface area contributed by atoms with E-state index in [1.54, 1.807) is 30.0 Å². The molecule has 2 aromatic rings. The first kappa shape index (κ1) is 24.4. The van der Waals surface area contributed by atoms with Crippen LogP contribution in [0, 0.1) is 5.82 Å². The van der Waals surface area contributed by atoms with Gasteiger partial charge < -0.3 is 15.8 Å². The molecule has 1 saturated heterocycles. The molecule has 1 unspecified atom stereocenters. The Bertz CT molecular complexity index is 1170. The quantitative estimate of drug-likeness (QED) is 0.626. The third-order valence-corrected chi connectivity index (χ3v) is 6.84. The standard InChI is InChI=1S/C24H25Cl2FN4O3/c1-13-10-15(8-9-34-13)31-20(32)12-24(2,30-23(31)28)17-4-3-5-19(21(17)26)29-22(33)16-7-6-14(25)11-18(16)27/h3-7,11,13,15H,8-10,12H2,1-2H3,(H2,28,30)(H,29,33)/t13-,15-,24?/m1/s1. The molecule has 3 atom stereocenters. The molecule has 4 rings (SSSR count). The Morgan fingerprint density at radius 3 is 2.76 bits per heavy atom. The number of halogens is 3. The summed E-state index contributed by atoms with van der Waals surface area (Å²) in [5, 5.41) is 3.01. The van der Waals surface area contributed by atoms with E-state index in [0.717, 1.165) is 6.07 Å². The average Bonchev–Trinajstić information content (AvgIpc) is 2.74. The summed E-state index contributed by atoms with van der Waals surface area (Å²) in [6.45, 7) is 4.29. The van der Waals surface area contributed by atoms with Crippen molar-refractivity contribution < 1.29 is 18.7 Å². The van der Waals surface area contributed by atoms with E-state index in [-0.39, 0.29) is 51.7 Å². The maximum Gasteiger partial charge on any atom is 0.258 e. The van der Waals surface area contributed by atoms with Crippen molar-refractivity contribution in [1.82, 2.24) is 4.90 Å². The third kappa shape index (κ3) is 4.76. The zero-order valence-corrected chi connectivity index (χ0v) is 20.3. The van der Waals surface area contributed by atoms with Gasteiger partial charge in [-0.3, -0.25) is 14.5 Å². The molecule has 3 N–H and O–H groups in total. The van der Waals surface area contributed by atoms with Crippen molar-refractivity contribution in [1.29, 1.82) is 0 Å². The molecular weight excluding hydrogens is 482 g/mol. The number of ether oxygens (including phenoxy) is 1. The molecule has 180 valence electrons. The van der Waals surface area contributed by atoms with Crippen LogP contribution in [0.5, 0.6) is 0 Å². The fourth-order valence-corrected chi connectivity index (χ4v) is 5.05. The zero-order valence-electron chi connectivity index (χ0n) is 18.8. The lowest BCUT2D eigenvalue weighted by atomic mass is 9.86. The van der Waals surface area contributed by atoms with Crippen molar-refractivity contribution in [3.05, 3.63) is 63.4 Å². The van der Waals surface area contributed by atoms with Gasteiger partial charge in [-0.05, 0) is 51.0 Å². The highest BCUT2D eigenvalue weighted by molar-refractivity contribution is 6.35. The fraction of sp³-hybridized carbons (Fsp3) is 0.375. The molecule has 0 aliphatic carbocycles. The van der Waals surface area contributed by atoms with E-state index in [0.29, 0.717) is 25.0 Å². The number of nitrogens with one attached hydrogen (secondary N) is 1. The highest BCUT2D eigenvalue weighted by Crippen LogP contribution is 2.41. The van der Waals surface area contributed by atoms with Crippen LogP contribution in [0.4, 0.5) is 10.1 Å². The molecule has 0 bridgehead atoms. The number of carbonyl (C=O) groups is 2. The van der Waals surface area contributed by atoms with Crippen LogP contribution in [0.1, 0.15) is 49.0 Å². The van der Waals surface area contributed by atoms with E-state index in [1.807, 2.05) is 6.92 Å². The van der Waals surface area contributed by atoms with Crippen molar-refractivity contribution in [2.24, 2.45) is 10.7 Å². The van der Waals surface area contributed by atoms with Crippen LogP contribution in [-0.4, -0.2) is 41.4 Å². The fourth-order valence-electron chi connectivity index (χ4n) is 4.52. The lowest BCUT2D eigenvalue weighted by Gasteiger charge is -2.41. The molecular formula is C24H25Cl2FN4O3. The van der Waals surface area contributed by atoms with Crippen molar-refractivity contribution in [2.45, 2.75) is 50.8 Å². The molecule has 7 nitrogen and oxygen atoms in total. The van der Waals surface area contributed by atoms with Gasteiger partial charge in [0.05, 0.1) is 34.3 Å². The molecule has 0 aromatic heterocycles. The Kier molecular flexibility index (Phi) is 6.85. The van der Waals surface area contributed by atoms with E-state index in [2.05, 4.69) is 10.3 Å². The molecule has 2 aromatic carbocycles. The van der Waals surface area contributed by atoms with Crippen molar-refractivity contribution >= 4 is 46.7 Å². The molecule has 2 aliphatic rings. The second-order valence-electron chi connectivity index (χ2n) is 8.79. The summed E-state index contributed by atoms with van der Waals surface area (Å²) < 4.78 is 19.8. The number of carbonyl (C=O) groups excluding carboxylic acids is 2. The van der Waals surface area contributed by atoms with E-state index in [1.165, 1.54) is 12.1 Å². The molecule has 34 heavy (non-hydrogen) atoms. The summed E-state index contributed by atoms with van der Waals surface area (Å²) in [5.74, 6) is -1.45. The smallest absolute Gasteiger partial charge is 0.258 e. The molecule has 1 fully saturated rings. The van der Waals surface area contributed by atoms with Gasteiger partial charge in [0, 0.05) is 23.2 Å². The van der Waals surface area contributed by atoms with Crippen molar-refractivity contribution in [2.75, 3.05) is 11.9 Å². The Morgan fingerprint density at radius 1 is 1.32 bits per heavy atom. The summed E-state index contributed by atoms with van der Waals surface area (Å²) in [7, 11) is 0. The predicted octanol–water partition coefficient (Wildman–Crippen LogP) is 4.71. The van der Waals surface area contributed by atoms with E-state index >= 15 is 0 Å². The molecule has 2 aliphatic heterocycles. The number of hydrogen-bond acceptors (Lipinski definition) is 5. The van der Waals surface area contributed by atoms with Crippen LogP contribution in [0.15, 0.2) is 41.4 Å². The normalized spacial score (nSPS) is 25.1. The minimum atomic E-state index is -1.03. The Hall–Kier alpha value is -2.68. The number of benzene rings is 2. The van der Waals surface area contributed by atoms with Crippen LogP contribution >= 0.6 is 23.2 Å². The first-order valence-corrected chi connectivity index (χ1v) is 11.7. The molecule has 0 spiro atoms. The topological polar surface area (TPSA) is 97.0 Å². The molecule has 0 radical (unpaired) electrons. The summed E-state index contributed by atoms with van der Waals surface area (Å²) in [4.78, 5) is 32.1. The Balaban J connectivity index is 1.61. The van der Waals surface area contributed by atoms with Crippen LogP contribution < -0.4 is 11.1 Å². The van der Waals surface area contributed by atoms with Crippen LogP contribution in [-0.2, 0) is 15.1 Å². The number of aliphatic imine (C=N–C) groups is 1. The number of nitrogens with two attached hydrogens (primary N) is 1. The molecule has 0 saturated carbocycles. The van der Waals surface area contributed by atoms with E-state index in [4.69, 9.17) is 33.7 Å². The molecule has 2 heterocycles. The van der Waals surface area contributed by atoms with Gasteiger partial charge >= 0.3 is 0 Å². The predicted molar refractivity (Wildman–Crippen MR) is 130 cm³/mol. The third-order valence-electron chi connectivity index (χ3n) is 6.20. The highest BCUT2D eigenvalue weighted by Gasteiger charge is 2.42. The lowest BCUT2D eigenvalue weighted by molar-refractivity contribution is -0.133. The number of anilines is 1. The SMILES string of the molecule is C[C@@H]1C[C@H](N2C(=O)CC(C)(c3cccc(NC(=O)c4ccc(Cl)cc4F)c3Cl)N=C2N)CCO1. The summed E-state index contributed by atoms with van der Waals surface area (Å²) >= 11 is 12.4. The minimum absolute atomic E-state index is 0.0351. The van der Waals surface area contributed by atoms with Crippen LogP contribution in [0.2, 0.25) is 10.0 Å². The molecule has 10 heteroatoms. The van der Waals surface area contributed by atoms with Crippen molar-refractivity contribution in [3.63, 3.8) is 0 Å². The van der Waals surface area contributed by atoms with Gasteiger partial charge in [0.2, 0.25) is 5.91 Å². The van der Waals surface area contributed by atoms with Crippen molar-refractivity contribution in [3.8, 4) is 0 Å². The minimum Gasteiger partial charge on any atom is -0.378 e. The van der Waals surface area contributed by atoms with Gasteiger partial charge in [-0.1, -0.05) is 35.3 Å². The second kappa shape index (κ2) is 9.52. The number of amides is 2. The Labute approximate surface area is 207 Å². The maximum absolute atomic E-state index is 14.2. The largest absolute Gasteiger partial charge is 0.378 e. The summed E-state index contributed by atoms with van der Waals surface area (Å²) in [6.07, 6.45) is 1.46. The first-order chi connectivity index (χ1) is 16.1. The number of hydrogen-bond donors (Lipinski definition) is 2. The number of rotatable bonds is 4. The number of guanidine groups is 1. The highest BCUT2D eigenvalue weighted by atomic mass is 35.5. The first-order valence-electron chi connectivity index (χ1n) is 10.9. The van der Waals surface area contributed by atoms with E-state index in [9.17, 15) is 14.0 Å². The van der Waals surface area contributed by atoms with Crippen LogP contribution in [0.25, 0.3) is 0 Å². The molecule has 2 amide bonds. The lowest BCUT2D eigenvalue weighted by Crippen LogP contribution is -2.56. The number of nitrogens with zero attached hydrogens (tertiary/aromatic N) is 2. The van der Waals surface area contributed by atoms with E-state index < -0.39 is 17.3 Å². The summed E-state index contributed by atoms with van der Waals surface area (Å²) in [5.41, 5.74) is 5.87. The van der Waals surface area contributed by atoms with Gasteiger partial charge in [0.25, 0.3) is 5.91 Å².